The number of carbonyl (C=O) groups excluding carboxylic acids is 3. The van der Waals surface area contributed by atoms with Gasteiger partial charge in [-0.1, -0.05) is 57.7 Å². The summed E-state index contributed by atoms with van der Waals surface area (Å²) in [6.07, 6.45) is 4.20. The zero-order chi connectivity index (χ0) is 34.3. The average molecular weight is 653 g/mol. The second-order valence-electron chi connectivity index (χ2n) is 12.0. The molecule has 0 aliphatic rings. The van der Waals surface area contributed by atoms with Gasteiger partial charge >= 0.3 is 0 Å². The Bertz CT molecular complexity index is 1400. The fraction of sp³-hybridized carbons (Fsp3) is 0.444. The minimum absolute atomic E-state index is 0.127. The van der Waals surface area contributed by atoms with E-state index in [1.165, 1.54) is 19.3 Å². The molecule has 1 heterocycles. The van der Waals surface area contributed by atoms with Gasteiger partial charge in [0.25, 0.3) is 11.8 Å². The molecule has 0 saturated carbocycles. The van der Waals surface area contributed by atoms with Gasteiger partial charge in [-0.15, -0.1) is 0 Å². The molecule has 0 unspecified atom stereocenters. The number of hydrogen-bond acceptors (Lipinski definition) is 6. The summed E-state index contributed by atoms with van der Waals surface area (Å²) in [5.74, 6) is -2.98. The Kier molecular flexibility index (Phi) is 14.9. The minimum atomic E-state index is -1.68. The van der Waals surface area contributed by atoms with E-state index >= 15 is 0 Å². The van der Waals surface area contributed by atoms with Gasteiger partial charge in [0.1, 0.15) is 29.9 Å². The lowest BCUT2D eigenvalue weighted by Crippen LogP contribution is -2.58. The van der Waals surface area contributed by atoms with Crippen molar-refractivity contribution in [2.45, 2.75) is 96.1 Å². The van der Waals surface area contributed by atoms with Gasteiger partial charge in [0.15, 0.2) is 0 Å². The molecule has 1 aromatic heterocycles. The number of benzene rings is 2. The molecule has 0 saturated heterocycles. The first kappa shape index (κ1) is 37.2. The van der Waals surface area contributed by atoms with E-state index in [1.807, 2.05) is 0 Å². The van der Waals surface area contributed by atoms with Gasteiger partial charge < -0.3 is 26.2 Å². The normalized spacial score (nSPS) is 14.5. The van der Waals surface area contributed by atoms with Crippen LogP contribution in [0.1, 0.15) is 85.6 Å². The number of pyridine rings is 1. The number of halogens is 2. The van der Waals surface area contributed by atoms with Crippen LogP contribution in [0.2, 0.25) is 0 Å². The number of carbonyl (C=O) groups is 3. The number of nitrogens with zero attached hydrogens (tertiary/aromatic N) is 1. The first-order valence-electron chi connectivity index (χ1n) is 16.2. The standard InChI is InChI=1S/C36H46F2N4O5/c1-4-10-24(11-5-2)15-16-30(41-35(46)27-14-9-17-39-22-27)36(47)42-31(20-25-18-28(37)21-29(38)19-25)33(44)32(43)23(3)40-34(45)26-12-7-6-8-13-26/h6-9,12-14,17-19,21-24,30-33,43-44H,4-5,10-11,15-16,20H2,1-3H3,(H,40,45)(H,41,46)(H,42,47)/t23-,30+,31+,32+,33+/m0/s1. The van der Waals surface area contributed by atoms with Crippen LogP contribution in [-0.2, 0) is 11.2 Å². The van der Waals surface area contributed by atoms with Crippen molar-refractivity contribution in [2.24, 2.45) is 5.92 Å². The van der Waals surface area contributed by atoms with E-state index in [1.54, 1.807) is 42.5 Å². The number of nitrogens with one attached hydrogen (secondary N) is 3. The second-order valence-corrected chi connectivity index (χ2v) is 12.0. The summed E-state index contributed by atoms with van der Waals surface area (Å²) in [6.45, 7) is 5.67. The molecule has 0 aliphatic carbocycles. The quantitative estimate of drug-likeness (QED) is 0.135. The molecular weight excluding hydrogens is 606 g/mol. The molecule has 5 N–H and O–H groups in total. The molecule has 11 heteroatoms. The number of rotatable bonds is 18. The van der Waals surface area contributed by atoms with E-state index in [0.717, 1.165) is 37.8 Å². The van der Waals surface area contributed by atoms with Crippen molar-refractivity contribution in [1.29, 1.82) is 0 Å². The summed E-state index contributed by atoms with van der Waals surface area (Å²) in [5.41, 5.74) is 0.730. The molecule has 3 amide bonds. The van der Waals surface area contributed by atoms with Gasteiger partial charge in [-0.25, -0.2) is 8.78 Å². The monoisotopic (exact) mass is 652 g/mol. The third-order valence-electron chi connectivity index (χ3n) is 8.18. The molecule has 0 spiro atoms. The van der Waals surface area contributed by atoms with Crippen molar-refractivity contribution >= 4 is 17.7 Å². The van der Waals surface area contributed by atoms with E-state index in [-0.39, 0.29) is 17.5 Å². The van der Waals surface area contributed by atoms with E-state index in [9.17, 15) is 33.4 Å². The van der Waals surface area contributed by atoms with E-state index in [0.29, 0.717) is 30.4 Å². The van der Waals surface area contributed by atoms with Gasteiger partial charge in [-0.3, -0.25) is 19.4 Å². The van der Waals surface area contributed by atoms with Gasteiger partial charge in [-0.2, -0.15) is 0 Å². The molecule has 2 aromatic carbocycles. The first-order chi connectivity index (χ1) is 22.5. The van der Waals surface area contributed by atoms with Crippen LogP contribution >= 0.6 is 0 Å². The largest absolute Gasteiger partial charge is 0.388 e. The van der Waals surface area contributed by atoms with Crippen LogP contribution in [0, 0.1) is 17.6 Å². The molecular formula is C36H46F2N4O5. The second kappa shape index (κ2) is 18.8. The van der Waals surface area contributed by atoms with Gasteiger partial charge in [-0.05, 0) is 74.1 Å². The fourth-order valence-electron chi connectivity index (χ4n) is 5.68. The summed E-state index contributed by atoms with van der Waals surface area (Å²) in [5, 5.41) is 30.7. The minimum Gasteiger partial charge on any atom is -0.388 e. The zero-order valence-electron chi connectivity index (χ0n) is 27.2. The predicted octanol–water partition coefficient (Wildman–Crippen LogP) is 4.72. The first-order valence-corrected chi connectivity index (χ1v) is 16.2. The van der Waals surface area contributed by atoms with Crippen molar-refractivity contribution in [3.63, 3.8) is 0 Å². The van der Waals surface area contributed by atoms with Crippen LogP contribution in [0.5, 0.6) is 0 Å². The molecule has 0 radical (unpaired) electrons. The molecule has 254 valence electrons. The number of hydrogen-bond donors (Lipinski definition) is 5. The van der Waals surface area contributed by atoms with Crippen LogP contribution in [0.25, 0.3) is 0 Å². The van der Waals surface area contributed by atoms with Crippen molar-refractivity contribution in [1.82, 2.24) is 20.9 Å². The number of aliphatic hydroxyl groups is 2. The van der Waals surface area contributed by atoms with E-state index < -0.39 is 59.7 Å². The molecule has 3 aromatic rings. The molecule has 0 bridgehead atoms. The van der Waals surface area contributed by atoms with Gasteiger partial charge in [0.2, 0.25) is 5.91 Å². The maximum absolute atomic E-state index is 14.1. The molecule has 0 aliphatic heterocycles. The summed E-state index contributed by atoms with van der Waals surface area (Å²) in [4.78, 5) is 43.7. The number of aliphatic hydroxyl groups excluding tert-OH is 2. The summed E-state index contributed by atoms with van der Waals surface area (Å²) >= 11 is 0. The average Bonchev–Trinajstić information content (AvgIpc) is 3.05. The van der Waals surface area contributed by atoms with E-state index in [4.69, 9.17) is 0 Å². The highest BCUT2D eigenvalue weighted by Crippen LogP contribution is 2.21. The molecule has 5 atom stereocenters. The molecule has 47 heavy (non-hydrogen) atoms. The van der Waals surface area contributed by atoms with Crippen molar-refractivity contribution in [3.8, 4) is 0 Å². The topological polar surface area (TPSA) is 141 Å². The highest BCUT2D eigenvalue weighted by atomic mass is 19.1. The lowest BCUT2D eigenvalue weighted by molar-refractivity contribution is -0.125. The van der Waals surface area contributed by atoms with Gasteiger partial charge in [0.05, 0.1) is 17.6 Å². The van der Waals surface area contributed by atoms with Crippen LogP contribution in [0.15, 0.2) is 73.1 Å². The third-order valence-corrected chi connectivity index (χ3v) is 8.18. The highest BCUT2D eigenvalue weighted by Gasteiger charge is 2.34. The van der Waals surface area contributed by atoms with Crippen LogP contribution < -0.4 is 16.0 Å². The summed E-state index contributed by atoms with van der Waals surface area (Å²) in [7, 11) is 0. The van der Waals surface area contributed by atoms with Crippen LogP contribution in [0.4, 0.5) is 8.78 Å². The van der Waals surface area contributed by atoms with Crippen molar-refractivity contribution < 1.29 is 33.4 Å². The Hall–Kier alpha value is -4.22. The van der Waals surface area contributed by atoms with Crippen LogP contribution in [-0.4, -0.2) is 63.3 Å². The van der Waals surface area contributed by atoms with Gasteiger partial charge in [0, 0.05) is 24.0 Å². The Morgan fingerprint density at radius 1 is 0.766 bits per heavy atom. The number of aromatic nitrogens is 1. The molecule has 0 fully saturated rings. The Morgan fingerprint density at radius 2 is 1.38 bits per heavy atom. The highest BCUT2D eigenvalue weighted by molar-refractivity contribution is 5.97. The molecule has 3 rings (SSSR count). The Morgan fingerprint density at radius 3 is 1.98 bits per heavy atom. The lowest BCUT2D eigenvalue weighted by atomic mass is 9.90. The Balaban J connectivity index is 1.86. The lowest BCUT2D eigenvalue weighted by Gasteiger charge is -2.32. The van der Waals surface area contributed by atoms with E-state index in [2.05, 4.69) is 34.8 Å². The maximum atomic E-state index is 14.1. The zero-order valence-corrected chi connectivity index (χ0v) is 27.2. The summed E-state index contributed by atoms with van der Waals surface area (Å²) < 4.78 is 28.3. The van der Waals surface area contributed by atoms with Crippen molar-refractivity contribution in [2.75, 3.05) is 0 Å². The molecule has 9 nitrogen and oxygen atoms in total. The summed E-state index contributed by atoms with van der Waals surface area (Å²) in [6, 6.07) is 11.1. The fourth-order valence-corrected chi connectivity index (χ4v) is 5.68. The smallest absolute Gasteiger partial charge is 0.253 e. The predicted molar refractivity (Wildman–Crippen MR) is 175 cm³/mol. The maximum Gasteiger partial charge on any atom is 0.253 e. The van der Waals surface area contributed by atoms with Crippen molar-refractivity contribution in [3.05, 3.63) is 101 Å². The SMILES string of the molecule is CCCC(CCC)CC[C@@H](NC(=O)c1cccnc1)C(=O)N[C@H](Cc1cc(F)cc(F)c1)[C@@H](O)[C@H](O)[C@H](C)NC(=O)c1ccccc1. The number of amides is 3. The third kappa shape index (κ3) is 11.8. The Labute approximate surface area is 275 Å². The van der Waals surface area contributed by atoms with Crippen LogP contribution in [0.3, 0.4) is 0 Å².